The summed E-state index contributed by atoms with van der Waals surface area (Å²) in [6.45, 7) is 8.32. The Bertz CT molecular complexity index is 353. The molecule has 0 saturated heterocycles. The molecule has 0 atom stereocenters. The quantitative estimate of drug-likeness (QED) is 0.179. The van der Waals surface area contributed by atoms with E-state index >= 15 is 0 Å². The Morgan fingerprint density at radius 3 is 1.07 bits per heavy atom. The maximum Gasteiger partial charge on any atom is 0.305 e. The molecular weight excluding hydrogens is 392 g/mol. The van der Waals surface area contributed by atoms with Crippen molar-refractivity contribution in [1.82, 2.24) is 0 Å². The van der Waals surface area contributed by atoms with E-state index in [1.54, 1.807) is 0 Å². The summed E-state index contributed by atoms with van der Waals surface area (Å²) in [4.78, 5) is 22.8. The van der Waals surface area contributed by atoms with Gasteiger partial charge in [-0.25, -0.2) is 0 Å². The average molecular weight is 435 g/mol. The highest BCUT2D eigenvalue weighted by Gasteiger charge is 2.02. The van der Waals surface area contributed by atoms with Gasteiger partial charge in [-0.1, -0.05) is 39.5 Å². The molecule has 0 spiro atoms. The molecule has 0 radical (unpaired) electrons. The van der Waals surface area contributed by atoms with Crippen LogP contribution in [0.4, 0.5) is 0 Å². The highest BCUT2D eigenvalue weighted by Crippen LogP contribution is 2.01. The standard InChI is InChI=1S/C22H42O8/c1-3-5-7-9-21(23)29-19-17-27-15-13-25-11-12-26-14-16-28-18-20-30-22(24)10-8-6-4-2/h3-20H2,1-2H3. The molecule has 0 amide bonds. The Morgan fingerprint density at radius 2 is 0.767 bits per heavy atom. The predicted molar refractivity (Wildman–Crippen MR) is 113 cm³/mol. The number of carbonyl (C=O) groups is 2. The number of ether oxygens (including phenoxy) is 6. The zero-order chi connectivity index (χ0) is 22.1. The molecule has 0 aliphatic carbocycles. The largest absolute Gasteiger partial charge is 0.463 e. The summed E-state index contributed by atoms with van der Waals surface area (Å²) in [7, 11) is 0. The third-order valence-electron chi connectivity index (χ3n) is 4.07. The van der Waals surface area contributed by atoms with E-state index in [2.05, 4.69) is 13.8 Å². The van der Waals surface area contributed by atoms with E-state index < -0.39 is 0 Å². The van der Waals surface area contributed by atoms with E-state index in [-0.39, 0.29) is 25.2 Å². The van der Waals surface area contributed by atoms with Crippen molar-refractivity contribution < 1.29 is 38.0 Å². The topological polar surface area (TPSA) is 89.5 Å². The second-order valence-electron chi connectivity index (χ2n) is 6.80. The van der Waals surface area contributed by atoms with Gasteiger partial charge in [-0.15, -0.1) is 0 Å². The van der Waals surface area contributed by atoms with Crippen LogP contribution in [0.1, 0.15) is 65.2 Å². The van der Waals surface area contributed by atoms with Gasteiger partial charge in [0.25, 0.3) is 0 Å². The van der Waals surface area contributed by atoms with Crippen LogP contribution in [0.2, 0.25) is 0 Å². The third-order valence-corrected chi connectivity index (χ3v) is 4.07. The van der Waals surface area contributed by atoms with Gasteiger partial charge in [0.1, 0.15) is 13.2 Å². The first-order valence-electron chi connectivity index (χ1n) is 11.3. The summed E-state index contributed by atoms with van der Waals surface area (Å²) in [6, 6.07) is 0. The van der Waals surface area contributed by atoms with Gasteiger partial charge in [0.2, 0.25) is 0 Å². The zero-order valence-electron chi connectivity index (χ0n) is 19.0. The van der Waals surface area contributed by atoms with E-state index in [0.29, 0.717) is 65.7 Å². The van der Waals surface area contributed by atoms with Crippen molar-refractivity contribution >= 4 is 11.9 Å². The summed E-state index contributed by atoms with van der Waals surface area (Å²) in [5.74, 6) is -0.319. The minimum Gasteiger partial charge on any atom is -0.463 e. The normalized spacial score (nSPS) is 10.9. The smallest absolute Gasteiger partial charge is 0.305 e. The van der Waals surface area contributed by atoms with Crippen molar-refractivity contribution in [2.75, 3.05) is 66.1 Å². The molecule has 178 valence electrons. The molecule has 0 heterocycles. The monoisotopic (exact) mass is 434 g/mol. The van der Waals surface area contributed by atoms with Gasteiger partial charge in [-0.05, 0) is 12.8 Å². The molecular formula is C22H42O8. The van der Waals surface area contributed by atoms with E-state index in [0.717, 1.165) is 38.5 Å². The van der Waals surface area contributed by atoms with Gasteiger partial charge in [0.05, 0.1) is 52.9 Å². The van der Waals surface area contributed by atoms with Crippen molar-refractivity contribution in [1.29, 1.82) is 0 Å². The molecule has 30 heavy (non-hydrogen) atoms. The maximum absolute atomic E-state index is 11.4. The molecule has 0 aliphatic heterocycles. The predicted octanol–water partition coefficient (Wildman–Crippen LogP) is 3.30. The summed E-state index contributed by atoms with van der Waals surface area (Å²) in [5, 5.41) is 0. The zero-order valence-corrected chi connectivity index (χ0v) is 19.0. The molecule has 0 aromatic rings. The Morgan fingerprint density at radius 1 is 0.467 bits per heavy atom. The van der Waals surface area contributed by atoms with Crippen LogP contribution < -0.4 is 0 Å². The van der Waals surface area contributed by atoms with E-state index in [4.69, 9.17) is 28.4 Å². The molecule has 0 bridgehead atoms. The first kappa shape index (κ1) is 28.8. The lowest BCUT2D eigenvalue weighted by Crippen LogP contribution is -2.15. The van der Waals surface area contributed by atoms with Crippen molar-refractivity contribution in [3.05, 3.63) is 0 Å². The molecule has 0 aliphatic rings. The lowest BCUT2D eigenvalue weighted by Gasteiger charge is -2.08. The van der Waals surface area contributed by atoms with Crippen LogP contribution in [-0.2, 0) is 38.0 Å². The summed E-state index contributed by atoms with van der Waals surface area (Å²) < 4.78 is 31.6. The first-order valence-corrected chi connectivity index (χ1v) is 11.3. The van der Waals surface area contributed by atoms with Gasteiger partial charge < -0.3 is 28.4 Å². The van der Waals surface area contributed by atoms with Gasteiger partial charge >= 0.3 is 11.9 Å². The second kappa shape index (κ2) is 24.1. The fourth-order valence-electron chi connectivity index (χ4n) is 2.37. The number of unbranched alkanes of at least 4 members (excludes halogenated alkanes) is 4. The molecule has 0 saturated carbocycles. The second-order valence-corrected chi connectivity index (χ2v) is 6.80. The number of hydrogen-bond acceptors (Lipinski definition) is 8. The van der Waals surface area contributed by atoms with Gasteiger partial charge in [-0.3, -0.25) is 9.59 Å². The Balaban J connectivity index is 3.14. The fraction of sp³-hybridized carbons (Fsp3) is 0.909. The van der Waals surface area contributed by atoms with Crippen LogP contribution >= 0.6 is 0 Å². The van der Waals surface area contributed by atoms with Crippen LogP contribution in [-0.4, -0.2) is 78.0 Å². The Kier molecular flexibility index (Phi) is 23.1. The van der Waals surface area contributed by atoms with Gasteiger partial charge in [-0.2, -0.15) is 0 Å². The summed E-state index contributed by atoms with van der Waals surface area (Å²) in [5.41, 5.74) is 0. The van der Waals surface area contributed by atoms with Crippen molar-refractivity contribution in [3.63, 3.8) is 0 Å². The highest BCUT2D eigenvalue weighted by atomic mass is 16.6. The van der Waals surface area contributed by atoms with E-state index in [1.165, 1.54) is 0 Å². The highest BCUT2D eigenvalue weighted by molar-refractivity contribution is 5.69. The van der Waals surface area contributed by atoms with Crippen molar-refractivity contribution in [3.8, 4) is 0 Å². The van der Waals surface area contributed by atoms with Crippen LogP contribution in [0.3, 0.4) is 0 Å². The molecule has 0 unspecified atom stereocenters. The molecule has 8 nitrogen and oxygen atoms in total. The number of rotatable bonds is 23. The van der Waals surface area contributed by atoms with Crippen LogP contribution in [0, 0.1) is 0 Å². The van der Waals surface area contributed by atoms with Gasteiger partial charge in [0.15, 0.2) is 0 Å². The van der Waals surface area contributed by atoms with E-state index in [9.17, 15) is 9.59 Å². The molecule has 0 aromatic heterocycles. The lowest BCUT2D eigenvalue weighted by atomic mass is 10.2. The van der Waals surface area contributed by atoms with Crippen LogP contribution in [0.5, 0.6) is 0 Å². The van der Waals surface area contributed by atoms with Crippen molar-refractivity contribution in [2.45, 2.75) is 65.2 Å². The molecule has 0 aromatic carbocycles. The Hall–Kier alpha value is -1.22. The fourth-order valence-corrected chi connectivity index (χ4v) is 2.37. The lowest BCUT2D eigenvalue weighted by molar-refractivity contribution is -0.146. The molecule has 0 N–H and O–H groups in total. The minimum atomic E-state index is -0.159. The van der Waals surface area contributed by atoms with Crippen LogP contribution in [0.15, 0.2) is 0 Å². The first-order chi connectivity index (χ1) is 14.7. The Labute approximate surface area is 181 Å². The average Bonchev–Trinajstić information content (AvgIpc) is 2.73. The minimum absolute atomic E-state index is 0.159. The summed E-state index contributed by atoms with van der Waals surface area (Å²) in [6.07, 6.45) is 7.01. The van der Waals surface area contributed by atoms with E-state index in [1.807, 2.05) is 0 Å². The molecule has 0 fully saturated rings. The van der Waals surface area contributed by atoms with Gasteiger partial charge in [0, 0.05) is 12.8 Å². The summed E-state index contributed by atoms with van der Waals surface area (Å²) >= 11 is 0. The molecule has 0 rings (SSSR count). The number of hydrogen-bond donors (Lipinski definition) is 0. The molecule has 8 heteroatoms. The van der Waals surface area contributed by atoms with Crippen LogP contribution in [0.25, 0.3) is 0 Å². The number of esters is 2. The SMILES string of the molecule is CCCCCC(=O)OCCOCCOCCOCCOCCOC(=O)CCCCC. The third kappa shape index (κ3) is 23.1. The number of carbonyl (C=O) groups excluding carboxylic acids is 2. The maximum atomic E-state index is 11.4. The van der Waals surface area contributed by atoms with Crippen molar-refractivity contribution in [2.24, 2.45) is 0 Å².